The van der Waals surface area contributed by atoms with Crippen molar-refractivity contribution < 1.29 is 9.90 Å². The summed E-state index contributed by atoms with van der Waals surface area (Å²) in [5, 5.41) is 24.3. The van der Waals surface area contributed by atoms with Crippen LogP contribution in [0.3, 0.4) is 0 Å². The molecule has 190 valence electrons. The number of rotatable bonds is 4. The van der Waals surface area contributed by atoms with Gasteiger partial charge in [0.25, 0.3) is 5.91 Å². The van der Waals surface area contributed by atoms with Gasteiger partial charge in [-0.05, 0) is 98.5 Å². The highest BCUT2D eigenvalue weighted by Crippen LogP contribution is 2.66. The molecular weight excluding hydrogens is 446 g/mol. The summed E-state index contributed by atoms with van der Waals surface area (Å²) in [7, 11) is 0. The number of nitrogens with zero attached hydrogens (tertiary/aromatic N) is 2. The van der Waals surface area contributed by atoms with E-state index in [1.165, 1.54) is 24.8 Å². The largest absolute Gasteiger partial charge is 0.393 e. The van der Waals surface area contributed by atoms with Gasteiger partial charge in [0.1, 0.15) is 11.6 Å². The van der Waals surface area contributed by atoms with Gasteiger partial charge in [0.15, 0.2) is 0 Å². The molecule has 0 aromatic heterocycles. The topological polar surface area (TPSA) is 85.5 Å². The maximum Gasteiger partial charge on any atom is 0.282 e. The number of aliphatic hydroxyl groups excluding tert-OH is 1. The van der Waals surface area contributed by atoms with Gasteiger partial charge in [0, 0.05) is 11.6 Å². The maximum absolute atomic E-state index is 12.7. The zero-order valence-corrected chi connectivity index (χ0v) is 21.8. The quantitative estimate of drug-likeness (QED) is 0.180. The Labute approximate surface area is 215 Å². The highest BCUT2D eigenvalue weighted by Gasteiger charge is 2.59. The minimum Gasteiger partial charge on any atom is -0.393 e. The molecule has 1 amide bonds. The molecule has 3 fully saturated rings. The summed E-state index contributed by atoms with van der Waals surface area (Å²) in [4.78, 5) is 12.7. The third-order valence-corrected chi connectivity index (χ3v) is 10.4. The molecule has 5 rings (SSSR count). The van der Waals surface area contributed by atoms with Crippen molar-refractivity contribution in [1.82, 2.24) is 5.43 Å². The van der Waals surface area contributed by atoms with Gasteiger partial charge in [-0.15, -0.1) is 0 Å². The van der Waals surface area contributed by atoms with Crippen molar-refractivity contribution in [3.05, 3.63) is 53.1 Å². The van der Waals surface area contributed by atoms with Gasteiger partial charge in [-0.25, -0.2) is 5.43 Å². The first-order valence-electron chi connectivity index (χ1n) is 13.6. The van der Waals surface area contributed by atoms with Crippen LogP contribution in [0, 0.1) is 45.8 Å². The second-order valence-corrected chi connectivity index (χ2v) is 12.1. The van der Waals surface area contributed by atoms with Crippen molar-refractivity contribution >= 4 is 17.7 Å². The fraction of sp³-hybridized carbons (Fsp3) is 0.581. The van der Waals surface area contributed by atoms with E-state index in [-0.39, 0.29) is 22.5 Å². The number of hydrogen-bond donors (Lipinski definition) is 2. The second kappa shape index (κ2) is 9.63. The van der Waals surface area contributed by atoms with E-state index in [1.54, 1.807) is 6.08 Å². The lowest BCUT2D eigenvalue weighted by atomic mass is 9.47. The molecule has 0 unspecified atom stereocenters. The van der Waals surface area contributed by atoms with E-state index in [9.17, 15) is 15.2 Å². The lowest BCUT2D eigenvalue weighted by molar-refractivity contribution is -0.117. The van der Waals surface area contributed by atoms with Crippen LogP contribution in [0.15, 0.2) is 52.7 Å². The van der Waals surface area contributed by atoms with Crippen molar-refractivity contribution in [2.24, 2.45) is 39.6 Å². The zero-order valence-electron chi connectivity index (χ0n) is 21.8. The number of fused-ring (bicyclic) bond motifs is 5. The summed E-state index contributed by atoms with van der Waals surface area (Å²) in [5.74, 6) is 1.95. The zero-order chi connectivity index (χ0) is 25.5. The van der Waals surface area contributed by atoms with Gasteiger partial charge in [-0.3, -0.25) is 4.79 Å². The maximum atomic E-state index is 12.7. The van der Waals surface area contributed by atoms with Crippen LogP contribution < -0.4 is 5.43 Å². The molecule has 0 heterocycles. The van der Waals surface area contributed by atoms with Gasteiger partial charge < -0.3 is 5.11 Å². The van der Waals surface area contributed by atoms with E-state index in [4.69, 9.17) is 0 Å². The van der Waals surface area contributed by atoms with Crippen molar-refractivity contribution in [1.29, 1.82) is 5.26 Å². The van der Waals surface area contributed by atoms with Gasteiger partial charge >= 0.3 is 0 Å². The Bertz CT molecular complexity index is 1150. The molecule has 5 nitrogen and oxygen atoms in total. The van der Waals surface area contributed by atoms with Crippen LogP contribution in [0.1, 0.15) is 77.7 Å². The van der Waals surface area contributed by atoms with Crippen molar-refractivity contribution in [3.8, 4) is 6.07 Å². The molecule has 1 aromatic carbocycles. The van der Waals surface area contributed by atoms with Gasteiger partial charge in [-0.2, -0.15) is 10.4 Å². The van der Waals surface area contributed by atoms with E-state index < -0.39 is 5.91 Å². The highest BCUT2D eigenvalue weighted by molar-refractivity contribution is 6.02. The Morgan fingerprint density at radius 2 is 1.92 bits per heavy atom. The average molecular weight is 486 g/mol. The number of nitrogens with one attached hydrogen (secondary N) is 1. The predicted octanol–water partition coefficient (Wildman–Crippen LogP) is 6.03. The van der Waals surface area contributed by atoms with E-state index in [1.807, 2.05) is 43.3 Å². The third kappa shape index (κ3) is 4.24. The molecule has 0 aliphatic heterocycles. The molecule has 2 N–H and O–H groups in total. The lowest BCUT2D eigenvalue weighted by Gasteiger charge is -2.58. The Hall–Kier alpha value is -2.71. The van der Waals surface area contributed by atoms with Crippen LogP contribution >= 0.6 is 0 Å². The molecule has 4 aliphatic rings. The van der Waals surface area contributed by atoms with E-state index in [2.05, 4.69) is 30.5 Å². The number of carbonyl (C=O) groups excluding carboxylic acids is 1. The summed E-state index contributed by atoms with van der Waals surface area (Å²) in [6, 6.07) is 11.4. The Balaban J connectivity index is 1.30. The van der Waals surface area contributed by atoms with Crippen LogP contribution in [-0.2, 0) is 4.79 Å². The number of hydrazone groups is 1. The number of amides is 1. The number of allylic oxidation sites excluding steroid dienone is 1. The number of aliphatic hydroxyl groups is 1. The summed E-state index contributed by atoms with van der Waals surface area (Å²) in [6.07, 6.45) is 12.7. The van der Waals surface area contributed by atoms with Crippen molar-refractivity contribution in [2.45, 2.75) is 78.2 Å². The molecular formula is C31H39N3O2. The first-order valence-corrected chi connectivity index (χ1v) is 13.6. The third-order valence-electron chi connectivity index (χ3n) is 10.4. The van der Waals surface area contributed by atoms with E-state index in [0.717, 1.165) is 43.4 Å². The molecule has 0 bridgehead atoms. The van der Waals surface area contributed by atoms with Crippen LogP contribution in [-0.4, -0.2) is 22.8 Å². The molecule has 5 heteroatoms. The lowest BCUT2D eigenvalue weighted by Crippen LogP contribution is -2.51. The first kappa shape index (κ1) is 25.0. The Kier molecular flexibility index (Phi) is 6.68. The smallest absolute Gasteiger partial charge is 0.282 e. The highest BCUT2D eigenvalue weighted by atomic mass is 16.3. The summed E-state index contributed by atoms with van der Waals surface area (Å²) in [6.45, 7) is 6.96. The van der Waals surface area contributed by atoms with Crippen LogP contribution in [0.5, 0.6) is 0 Å². The van der Waals surface area contributed by atoms with Crippen molar-refractivity contribution in [2.75, 3.05) is 0 Å². The fourth-order valence-electron chi connectivity index (χ4n) is 8.47. The number of benzene rings is 1. The van der Waals surface area contributed by atoms with Gasteiger partial charge in [0.05, 0.1) is 6.10 Å². The van der Waals surface area contributed by atoms with Gasteiger partial charge in [0.2, 0.25) is 0 Å². The minimum atomic E-state index is -0.457. The fourth-order valence-corrected chi connectivity index (χ4v) is 8.47. The van der Waals surface area contributed by atoms with Crippen LogP contribution in [0.4, 0.5) is 0 Å². The molecule has 36 heavy (non-hydrogen) atoms. The standard InChI is InChI=1S/C31H39N3O2/c1-20(33-34-29(36)22(19-32)17-21-7-5-4-6-8-21)26-11-12-27-25-10-9-23-18-24(35)13-15-30(23,2)28(25)14-16-31(26,27)3/h4-9,17,24-28,35H,10-16,18H2,1-3H3,(H,34,36)/b22-17+,33-20+/t24-,25-,26+,27-,28-,30-,31+/m0/s1. The van der Waals surface area contributed by atoms with Crippen LogP contribution in [0.2, 0.25) is 0 Å². The minimum absolute atomic E-state index is 0.0596. The van der Waals surface area contributed by atoms with Gasteiger partial charge in [-0.1, -0.05) is 55.8 Å². The predicted molar refractivity (Wildman–Crippen MR) is 142 cm³/mol. The summed E-state index contributed by atoms with van der Waals surface area (Å²) in [5.41, 5.74) is 6.47. The molecule has 4 aliphatic carbocycles. The molecule has 0 radical (unpaired) electrons. The Morgan fingerprint density at radius 1 is 1.14 bits per heavy atom. The first-order chi connectivity index (χ1) is 17.3. The number of carbonyl (C=O) groups is 1. The van der Waals surface area contributed by atoms with E-state index in [0.29, 0.717) is 23.7 Å². The SMILES string of the molecule is C/C(=N\NC(=O)/C(C#N)=C/c1ccccc1)[C@H]1CC[C@H]2[C@@H]3CC=C4C[C@@H](O)CC[C@]4(C)[C@H]3CC[C@]12C. The van der Waals surface area contributed by atoms with Crippen LogP contribution in [0.25, 0.3) is 6.08 Å². The molecule has 1 aromatic rings. The molecule has 0 spiro atoms. The molecule has 0 saturated heterocycles. The summed E-state index contributed by atoms with van der Waals surface area (Å²) >= 11 is 0. The Morgan fingerprint density at radius 3 is 2.67 bits per heavy atom. The normalized spacial score (nSPS) is 38.2. The average Bonchev–Trinajstić information content (AvgIpc) is 3.24. The number of hydrogen-bond acceptors (Lipinski definition) is 4. The summed E-state index contributed by atoms with van der Waals surface area (Å²) < 4.78 is 0. The second-order valence-electron chi connectivity index (χ2n) is 12.1. The number of nitriles is 1. The molecule has 7 atom stereocenters. The van der Waals surface area contributed by atoms with E-state index >= 15 is 0 Å². The monoisotopic (exact) mass is 485 g/mol. The molecule has 3 saturated carbocycles. The van der Waals surface area contributed by atoms with Crippen molar-refractivity contribution in [3.63, 3.8) is 0 Å².